The van der Waals surface area contributed by atoms with Gasteiger partial charge >= 0.3 is 6.01 Å². The maximum Gasteiger partial charge on any atom is 0.322 e. The van der Waals surface area contributed by atoms with Crippen molar-refractivity contribution in [1.82, 2.24) is 9.97 Å². The van der Waals surface area contributed by atoms with E-state index in [1.807, 2.05) is 0 Å². The standard InChI is InChI=1S/C11H8BrFN4O/c12-7-2-1-6(13)5-9(7)18-11-16-4-3-8(17-11)10(14)15/h1-5H,(H3,14,15). The minimum Gasteiger partial charge on any atom is -0.423 e. The lowest BCUT2D eigenvalue weighted by Crippen LogP contribution is -2.13. The van der Waals surface area contributed by atoms with Crippen LogP contribution in [-0.4, -0.2) is 15.8 Å². The Morgan fingerprint density at radius 1 is 1.39 bits per heavy atom. The number of nitrogens with two attached hydrogens (primary N) is 1. The first-order chi connectivity index (χ1) is 8.56. The van der Waals surface area contributed by atoms with E-state index in [0.29, 0.717) is 4.47 Å². The third-order valence-corrected chi connectivity index (χ3v) is 2.66. The Morgan fingerprint density at radius 2 is 2.17 bits per heavy atom. The number of benzene rings is 1. The van der Waals surface area contributed by atoms with Crippen molar-refractivity contribution in [2.75, 3.05) is 0 Å². The molecular formula is C11H8BrFN4O. The first kappa shape index (κ1) is 12.4. The lowest BCUT2D eigenvalue weighted by atomic mass is 10.3. The van der Waals surface area contributed by atoms with Gasteiger partial charge in [0.2, 0.25) is 0 Å². The zero-order valence-electron chi connectivity index (χ0n) is 9.02. The smallest absolute Gasteiger partial charge is 0.322 e. The van der Waals surface area contributed by atoms with Gasteiger partial charge in [0.1, 0.15) is 23.1 Å². The molecule has 0 bridgehead atoms. The van der Waals surface area contributed by atoms with Crippen LogP contribution >= 0.6 is 15.9 Å². The molecule has 0 saturated carbocycles. The lowest BCUT2D eigenvalue weighted by molar-refractivity contribution is 0.434. The van der Waals surface area contributed by atoms with Crippen molar-refractivity contribution in [1.29, 1.82) is 5.41 Å². The molecule has 0 radical (unpaired) electrons. The summed E-state index contributed by atoms with van der Waals surface area (Å²) in [4.78, 5) is 7.77. The number of hydrogen-bond donors (Lipinski definition) is 2. The number of nitrogens with zero attached hydrogens (tertiary/aromatic N) is 2. The first-order valence-corrected chi connectivity index (χ1v) is 5.66. The highest BCUT2D eigenvalue weighted by Gasteiger charge is 2.08. The molecule has 0 spiro atoms. The van der Waals surface area contributed by atoms with E-state index in [0.717, 1.165) is 0 Å². The molecule has 0 aliphatic heterocycles. The summed E-state index contributed by atoms with van der Waals surface area (Å²) >= 11 is 3.22. The van der Waals surface area contributed by atoms with E-state index < -0.39 is 5.82 Å². The maximum atomic E-state index is 13.1. The Kier molecular flexibility index (Phi) is 3.52. The quantitative estimate of drug-likeness (QED) is 0.673. The normalized spacial score (nSPS) is 10.1. The van der Waals surface area contributed by atoms with Crippen molar-refractivity contribution >= 4 is 21.8 Å². The van der Waals surface area contributed by atoms with Crippen molar-refractivity contribution in [3.8, 4) is 11.8 Å². The zero-order valence-corrected chi connectivity index (χ0v) is 10.6. The zero-order chi connectivity index (χ0) is 13.1. The topological polar surface area (TPSA) is 84.9 Å². The fraction of sp³-hybridized carbons (Fsp3) is 0. The second kappa shape index (κ2) is 5.09. The van der Waals surface area contributed by atoms with Crippen LogP contribution in [0.1, 0.15) is 5.69 Å². The molecule has 1 aromatic carbocycles. The molecule has 0 saturated heterocycles. The van der Waals surface area contributed by atoms with Crippen molar-refractivity contribution in [3.05, 3.63) is 46.4 Å². The molecule has 0 unspecified atom stereocenters. The molecule has 5 nitrogen and oxygen atoms in total. The number of nitrogens with one attached hydrogen (secondary N) is 1. The Hall–Kier alpha value is -2.02. The summed E-state index contributed by atoms with van der Waals surface area (Å²) in [5, 5.41) is 7.25. The molecule has 3 N–H and O–H groups in total. The molecule has 0 aliphatic rings. The minimum absolute atomic E-state index is 0.00556. The van der Waals surface area contributed by atoms with Gasteiger partial charge in [-0.25, -0.2) is 9.37 Å². The Balaban J connectivity index is 2.31. The van der Waals surface area contributed by atoms with Crippen molar-refractivity contribution < 1.29 is 9.13 Å². The second-order valence-corrected chi connectivity index (χ2v) is 4.17. The van der Waals surface area contributed by atoms with E-state index in [2.05, 4.69) is 25.9 Å². The van der Waals surface area contributed by atoms with Crippen LogP contribution in [0, 0.1) is 11.2 Å². The summed E-state index contributed by atoms with van der Waals surface area (Å²) < 4.78 is 19.0. The summed E-state index contributed by atoms with van der Waals surface area (Å²) in [5.74, 6) is -0.382. The third-order valence-electron chi connectivity index (χ3n) is 2.00. The highest BCUT2D eigenvalue weighted by molar-refractivity contribution is 9.10. The fourth-order valence-electron chi connectivity index (χ4n) is 1.19. The molecule has 1 aromatic heterocycles. The first-order valence-electron chi connectivity index (χ1n) is 4.86. The van der Waals surface area contributed by atoms with Crippen LogP contribution in [-0.2, 0) is 0 Å². The molecule has 0 atom stereocenters. The van der Waals surface area contributed by atoms with Crippen LogP contribution in [0.15, 0.2) is 34.9 Å². The largest absolute Gasteiger partial charge is 0.423 e. The number of amidine groups is 1. The van der Waals surface area contributed by atoms with Gasteiger partial charge in [-0.05, 0) is 34.1 Å². The number of halogens is 2. The predicted octanol–water partition coefficient (Wildman–Crippen LogP) is 2.45. The van der Waals surface area contributed by atoms with Crippen LogP contribution in [0.25, 0.3) is 0 Å². The molecule has 18 heavy (non-hydrogen) atoms. The van der Waals surface area contributed by atoms with Gasteiger partial charge in [-0.2, -0.15) is 4.98 Å². The Labute approximate surface area is 110 Å². The van der Waals surface area contributed by atoms with Crippen LogP contribution < -0.4 is 10.5 Å². The number of ether oxygens (including phenoxy) is 1. The van der Waals surface area contributed by atoms with Gasteiger partial charge in [0.05, 0.1) is 4.47 Å². The van der Waals surface area contributed by atoms with Crippen LogP contribution in [0.5, 0.6) is 11.8 Å². The number of rotatable bonds is 3. The highest BCUT2D eigenvalue weighted by Crippen LogP contribution is 2.28. The van der Waals surface area contributed by atoms with Gasteiger partial charge in [-0.1, -0.05) is 0 Å². The average Bonchev–Trinajstić information content (AvgIpc) is 2.34. The van der Waals surface area contributed by atoms with Crippen molar-refractivity contribution in [2.45, 2.75) is 0 Å². The van der Waals surface area contributed by atoms with Gasteiger partial charge in [0.25, 0.3) is 0 Å². The lowest BCUT2D eigenvalue weighted by Gasteiger charge is -2.06. The molecular weight excluding hydrogens is 303 g/mol. The summed E-state index contributed by atoms with van der Waals surface area (Å²) in [6.07, 6.45) is 1.41. The summed E-state index contributed by atoms with van der Waals surface area (Å²) in [6, 6.07) is 5.49. The van der Waals surface area contributed by atoms with E-state index in [1.54, 1.807) is 0 Å². The molecule has 0 aliphatic carbocycles. The van der Waals surface area contributed by atoms with Gasteiger partial charge in [-0.3, -0.25) is 5.41 Å². The van der Waals surface area contributed by atoms with E-state index in [1.165, 1.54) is 30.5 Å². The van der Waals surface area contributed by atoms with Gasteiger partial charge in [-0.15, -0.1) is 0 Å². The fourth-order valence-corrected chi connectivity index (χ4v) is 1.52. The Morgan fingerprint density at radius 3 is 2.89 bits per heavy atom. The predicted molar refractivity (Wildman–Crippen MR) is 67.2 cm³/mol. The van der Waals surface area contributed by atoms with Crippen LogP contribution in [0.2, 0.25) is 0 Å². The molecule has 2 aromatic rings. The monoisotopic (exact) mass is 310 g/mol. The molecule has 7 heteroatoms. The maximum absolute atomic E-state index is 13.1. The third kappa shape index (κ3) is 2.80. The molecule has 2 rings (SSSR count). The SMILES string of the molecule is N=C(N)c1ccnc(Oc2cc(F)ccc2Br)n1. The molecule has 0 fully saturated rings. The summed E-state index contributed by atoms with van der Waals surface area (Å²) in [7, 11) is 0. The number of hydrogen-bond acceptors (Lipinski definition) is 4. The average molecular weight is 311 g/mol. The number of aromatic nitrogens is 2. The molecule has 0 amide bonds. The van der Waals surface area contributed by atoms with Crippen LogP contribution in [0.3, 0.4) is 0 Å². The van der Waals surface area contributed by atoms with E-state index in [4.69, 9.17) is 15.9 Å². The Bertz CT molecular complexity index is 605. The van der Waals surface area contributed by atoms with E-state index in [-0.39, 0.29) is 23.3 Å². The van der Waals surface area contributed by atoms with Crippen LogP contribution in [0.4, 0.5) is 4.39 Å². The molecule has 92 valence electrons. The minimum atomic E-state index is -0.434. The second-order valence-electron chi connectivity index (χ2n) is 3.31. The summed E-state index contributed by atoms with van der Waals surface area (Å²) in [6.45, 7) is 0. The van der Waals surface area contributed by atoms with Crippen molar-refractivity contribution in [2.24, 2.45) is 5.73 Å². The summed E-state index contributed by atoms with van der Waals surface area (Å²) in [5.41, 5.74) is 5.54. The van der Waals surface area contributed by atoms with E-state index in [9.17, 15) is 4.39 Å². The molecule has 1 heterocycles. The van der Waals surface area contributed by atoms with Gasteiger partial charge in [0, 0.05) is 12.3 Å². The van der Waals surface area contributed by atoms with Gasteiger partial charge < -0.3 is 10.5 Å². The van der Waals surface area contributed by atoms with E-state index >= 15 is 0 Å². The highest BCUT2D eigenvalue weighted by atomic mass is 79.9. The van der Waals surface area contributed by atoms with Crippen molar-refractivity contribution in [3.63, 3.8) is 0 Å². The number of nitrogen functional groups attached to an aromatic ring is 1. The van der Waals surface area contributed by atoms with Gasteiger partial charge in [0.15, 0.2) is 0 Å².